The van der Waals surface area contributed by atoms with Crippen LogP contribution in [-0.4, -0.2) is 41.7 Å². The Balaban J connectivity index is 1.09. The Bertz CT molecular complexity index is 1160. The highest BCUT2D eigenvalue weighted by Gasteiger charge is 2.55. The summed E-state index contributed by atoms with van der Waals surface area (Å²) in [5, 5.41) is 24.9. The Labute approximate surface area is 231 Å². The smallest absolute Gasteiger partial charge is 0.224 e. The molecule has 7 nitrogen and oxygen atoms in total. The molecule has 0 saturated heterocycles. The SMILES string of the molecule is CNC1CCC(N[C@@H]2[C@@H]3CC4C[C@H]2C[C@@](CNc2nc(NCc5ccccc5Cl)ncc2C#N)(C4)C3)CC1. The number of hydrogen-bond donors (Lipinski definition) is 4. The molecule has 4 N–H and O–H groups in total. The average molecular weight is 534 g/mol. The third-order valence-corrected chi connectivity index (χ3v) is 10.3. The summed E-state index contributed by atoms with van der Waals surface area (Å²) in [5.74, 6) is 3.55. The lowest BCUT2D eigenvalue weighted by molar-refractivity contribution is -0.0730. The summed E-state index contributed by atoms with van der Waals surface area (Å²) < 4.78 is 0. The zero-order chi connectivity index (χ0) is 26.1. The van der Waals surface area contributed by atoms with Crippen molar-refractivity contribution in [3.8, 4) is 6.07 Å². The minimum atomic E-state index is 0.307. The third kappa shape index (κ3) is 5.36. The van der Waals surface area contributed by atoms with E-state index in [0.29, 0.717) is 52.4 Å². The molecule has 5 aliphatic rings. The summed E-state index contributed by atoms with van der Waals surface area (Å²) in [6.45, 7) is 1.41. The van der Waals surface area contributed by atoms with Gasteiger partial charge in [-0.25, -0.2) is 4.98 Å². The van der Waals surface area contributed by atoms with Crippen molar-refractivity contribution in [1.29, 1.82) is 5.26 Å². The molecule has 5 fully saturated rings. The molecule has 5 aliphatic carbocycles. The van der Waals surface area contributed by atoms with E-state index in [9.17, 15) is 5.26 Å². The van der Waals surface area contributed by atoms with Gasteiger partial charge >= 0.3 is 0 Å². The standard InChI is InChI=1S/C30H40ClN7/c1-33-24-6-8-25(9-7-24)37-27-21-10-19-11-22(27)14-30(12-19,13-21)18-36-28-23(15-32)17-35-29(38-28)34-16-20-4-2-3-5-26(20)31/h2-5,17,19,21-22,24-25,27,33,37H,6-14,16,18H2,1H3,(H2,34,35,36,38)/t19?,21-,22+,24?,25?,27-,30-. The number of nitrogens with one attached hydrogen (secondary N) is 4. The number of benzene rings is 1. The van der Waals surface area contributed by atoms with Gasteiger partial charge in [-0.2, -0.15) is 10.2 Å². The number of aromatic nitrogens is 2. The molecule has 0 radical (unpaired) electrons. The highest BCUT2D eigenvalue weighted by molar-refractivity contribution is 6.31. The van der Waals surface area contributed by atoms with Gasteiger partial charge in [0.1, 0.15) is 17.5 Å². The van der Waals surface area contributed by atoms with Gasteiger partial charge < -0.3 is 21.3 Å². The Kier molecular flexibility index (Phi) is 7.48. The molecule has 5 saturated carbocycles. The molecule has 202 valence electrons. The number of nitrogens with zero attached hydrogens (tertiary/aromatic N) is 3. The van der Waals surface area contributed by atoms with E-state index in [1.54, 1.807) is 6.20 Å². The van der Waals surface area contributed by atoms with E-state index in [-0.39, 0.29) is 0 Å². The van der Waals surface area contributed by atoms with E-state index in [4.69, 9.17) is 16.6 Å². The van der Waals surface area contributed by atoms with Gasteiger partial charge in [0, 0.05) is 36.2 Å². The van der Waals surface area contributed by atoms with Crippen molar-refractivity contribution in [3.05, 3.63) is 46.6 Å². The van der Waals surface area contributed by atoms with Gasteiger partial charge in [0.05, 0.1) is 6.20 Å². The van der Waals surface area contributed by atoms with Gasteiger partial charge in [0.15, 0.2) is 0 Å². The van der Waals surface area contributed by atoms with Crippen LogP contribution < -0.4 is 21.3 Å². The predicted octanol–water partition coefficient (Wildman–Crippen LogP) is 5.34. The first-order valence-corrected chi connectivity index (χ1v) is 14.8. The first kappa shape index (κ1) is 25.9. The van der Waals surface area contributed by atoms with E-state index < -0.39 is 0 Å². The highest BCUT2D eigenvalue weighted by atomic mass is 35.5. The van der Waals surface area contributed by atoms with Crippen LogP contribution >= 0.6 is 11.6 Å². The summed E-state index contributed by atoms with van der Waals surface area (Å²) in [4.78, 5) is 9.06. The van der Waals surface area contributed by atoms with Gasteiger partial charge in [-0.1, -0.05) is 29.8 Å². The summed E-state index contributed by atoms with van der Waals surface area (Å²) in [7, 11) is 2.10. The first-order chi connectivity index (χ1) is 18.5. The van der Waals surface area contributed by atoms with Crippen LogP contribution in [0.4, 0.5) is 11.8 Å². The van der Waals surface area contributed by atoms with Crippen LogP contribution in [0.25, 0.3) is 0 Å². The molecular weight excluding hydrogens is 494 g/mol. The maximum absolute atomic E-state index is 9.72. The molecule has 7 rings (SSSR count). The van der Waals surface area contributed by atoms with Crippen LogP contribution in [0, 0.1) is 34.5 Å². The third-order valence-electron chi connectivity index (χ3n) is 9.90. The quantitative estimate of drug-likeness (QED) is 0.345. The predicted molar refractivity (Wildman–Crippen MR) is 152 cm³/mol. The second kappa shape index (κ2) is 11.0. The van der Waals surface area contributed by atoms with Gasteiger partial charge in [-0.15, -0.1) is 0 Å². The van der Waals surface area contributed by atoms with E-state index in [0.717, 1.165) is 29.9 Å². The van der Waals surface area contributed by atoms with Crippen molar-refractivity contribution >= 4 is 23.4 Å². The summed E-state index contributed by atoms with van der Waals surface area (Å²) in [5.41, 5.74) is 1.79. The molecule has 8 heteroatoms. The van der Waals surface area contributed by atoms with Gasteiger partial charge in [-0.05, 0) is 99.6 Å². The maximum Gasteiger partial charge on any atom is 0.224 e. The summed E-state index contributed by atoms with van der Waals surface area (Å²) in [6.07, 6.45) is 13.4. The van der Waals surface area contributed by atoms with Crippen molar-refractivity contribution in [2.45, 2.75) is 82.5 Å². The Morgan fingerprint density at radius 3 is 2.47 bits per heavy atom. The van der Waals surface area contributed by atoms with Crippen molar-refractivity contribution in [2.24, 2.45) is 23.2 Å². The zero-order valence-electron chi connectivity index (χ0n) is 22.3. The number of halogens is 1. The molecule has 1 heterocycles. The fourth-order valence-corrected chi connectivity index (χ4v) is 8.48. The molecule has 4 bridgehead atoms. The average Bonchev–Trinajstić information content (AvgIpc) is 2.93. The highest BCUT2D eigenvalue weighted by Crippen LogP contribution is 2.60. The van der Waals surface area contributed by atoms with Crippen molar-refractivity contribution in [2.75, 3.05) is 24.2 Å². The maximum atomic E-state index is 9.72. The molecule has 0 amide bonds. The van der Waals surface area contributed by atoms with Gasteiger partial charge in [0.25, 0.3) is 0 Å². The van der Waals surface area contributed by atoms with Crippen LogP contribution in [0.15, 0.2) is 30.5 Å². The monoisotopic (exact) mass is 533 g/mol. The van der Waals surface area contributed by atoms with Gasteiger partial charge in [0.2, 0.25) is 5.95 Å². The lowest BCUT2D eigenvalue weighted by Crippen LogP contribution is -2.61. The van der Waals surface area contributed by atoms with Crippen molar-refractivity contribution < 1.29 is 0 Å². The van der Waals surface area contributed by atoms with Crippen molar-refractivity contribution in [3.63, 3.8) is 0 Å². The molecule has 1 aromatic carbocycles. The van der Waals surface area contributed by atoms with Crippen LogP contribution in [0.5, 0.6) is 0 Å². The van der Waals surface area contributed by atoms with Crippen molar-refractivity contribution in [1.82, 2.24) is 20.6 Å². The fraction of sp³-hybridized carbons (Fsp3) is 0.633. The fourth-order valence-electron chi connectivity index (χ4n) is 8.27. The molecule has 1 aromatic heterocycles. The lowest BCUT2D eigenvalue weighted by atomic mass is 9.47. The van der Waals surface area contributed by atoms with Gasteiger partial charge in [-0.3, -0.25) is 0 Å². The van der Waals surface area contributed by atoms with E-state index >= 15 is 0 Å². The van der Waals surface area contributed by atoms with E-state index in [1.807, 2.05) is 24.3 Å². The minimum Gasteiger partial charge on any atom is -0.368 e. The number of nitriles is 1. The van der Waals surface area contributed by atoms with Crippen LogP contribution in [0.3, 0.4) is 0 Å². The van der Waals surface area contributed by atoms with E-state index in [1.165, 1.54) is 57.8 Å². The summed E-state index contributed by atoms with van der Waals surface area (Å²) >= 11 is 6.30. The Hall–Kier alpha value is -2.40. The number of hydrogen-bond acceptors (Lipinski definition) is 7. The molecule has 5 atom stereocenters. The molecule has 0 spiro atoms. The van der Waals surface area contributed by atoms with Crippen LogP contribution in [0.1, 0.15) is 68.9 Å². The number of anilines is 2. The lowest BCUT2D eigenvalue weighted by Gasteiger charge is -2.61. The van der Waals surface area contributed by atoms with Crippen LogP contribution in [-0.2, 0) is 6.54 Å². The molecule has 2 aromatic rings. The second-order valence-electron chi connectivity index (χ2n) is 12.4. The molecule has 38 heavy (non-hydrogen) atoms. The molecule has 1 unspecified atom stereocenters. The second-order valence-corrected chi connectivity index (χ2v) is 12.8. The number of rotatable bonds is 9. The Morgan fingerprint density at radius 2 is 1.76 bits per heavy atom. The normalized spacial score (nSPS) is 33.6. The van der Waals surface area contributed by atoms with E-state index in [2.05, 4.69) is 39.4 Å². The molecular formula is C30H40ClN7. The molecule has 0 aliphatic heterocycles. The zero-order valence-corrected chi connectivity index (χ0v) is 23.1. The first-order valence-electron chi connectivity index (χ1n) is 14.5. The topological polar surface area (TPSA) is 97.7 Å². The Morgan fingerprint density at radius 1 is 1.03 bits per heavy atom. The largest absolute Gasteiger partial charge is 0.368 e. The van der Waals surface area contributed by atoms with Crippen LogP contribution in [0.2, 0.25) is 5.02 Å². The summed E-state index contributed by atoms with van der Waals surface area (Å²) in [6, 6.07) is 12.1. The minimum absolute atomic E-state index is 0.307.